The number of pyridine rings is 1. The third-order valence-corrected chi connectivity index (χ3v) is 4.27. The SMILES string of the molecule is NCCNc1cccc(-c2ccnc3[nH]c4c(c23)=CCCC=4)c1. The minimum atomic E-state index is 0.625. The molecule has 0 bridgehead atoms. The van der Waals surface area contributed by atoms with Gasteiger partial charge in [-0.05, 0) is 42.2 Å². The van der Waals surface area contributed by atoms with Crippen LogP contribution in [0.4, 0.5) is 5.69 Å². The van der Waals surface area contributed by atoms with Crippen molar-refractivity contribution >= 4 is 28.9 Å². The molecule has 0 atom stereocenters. The highest BCUT2D eigenvalue weighted by molar-refractivity contribution is 5.94. The summed E-state index contributed by atoms with van der Waals surface area (Å²) in [6.45, 7) is 1.40. The normalized spacial score (nSPS) is 13.3. The number of aromatic nitrogens is 2. The Morgan fingerprint density at radius 3 is 3.00 bits per heavy atom. The van der Waals surface area contributed by atoms with Gasteiger partial charge in [0.15, 0.2) is 0 Å². The van der Waals surface area contributed by atoms with E-state index in [1.165, 1.54) is 27.1 Å². The fourth-order valence-electron chi connectivity index (χ4n) is 3.24. The van der Waals surface area contributed by atoms with Gasteiger partial charge in [0.05, 0.1) is 0 Å². The molecule has 0 saturated heterocycles. The van der Waals surface area contributed by atoms with Gasteiger partial charge >= 0.3 is 0 Å². The van der Waals surface area contributed by atoms with Crippen molar-refractivity contribution in [2.75, 3.05) is 18.4 Å². The summed E-state index contributed by atoms with van der Waals surface area (Å²) >= 11 is 0. The molecule has 1 aromatic carbocycles. The number of nitrogens with zero attached hydrogens (tertiary/aromatic N) is 1. The van der Waals surface area contributed by atoms with Crippen LogP contribution in [-0.2, 0) is 0 Å². The number of benzene rings is 1. The van der Waals surface area contributed by atoms with E-state index in [1.54, 1.807) is 0 Å². The van der Waals surface area contributed by atoms with Gasteiger partial charge in [0.1, 0.15) is 5.65 Å². The summed E-state index contributed by atoms with van der Waals surface area (Å²) in [6, 6.07) is 10.6. The molecule has 0 amide bonds. The first-order valence-electron chi connectivity index (χ1n) is 8.08. The Balaban J connectivity index is 1.91. The van der Waals surface area contributed by atoms with E-state index in [1.807, 2.05) is 6.20 Å². The van der Waals surface area contributed by atoms with Crippen molar-refractivity contribution in [1.29, 1.82) is 0 Å². The molecule has 4 nitrogen and oxygen atoms in total. The molecule has 0 radical (unpaired) electrons. The van der Waals surface area contributed by atoms with Crippen molar-refractivity contribution in [3.8, 4) is 11.1 Å². The van der Waals surface area contributed by atoms with Crippen molar-refractivity contribution in [3.05, 3.63) is 47.1 Å². The third-order valence-electron chi connectivity index (χ3n) is 4.27. The predicted octanol–water partition coefficient (Wildman–Crippen LogP) is 1.96. The zero-order valence-electron chi connectivity index (χ0n) is 13.0. The molecule has 0 saturated carbocycles. The first-order chi connectivity index (χ1) is 11.4. The van der Waals surface area contributed by atoms with Gasteiger partial charge in [-0.1, -0.05) is 24.3 Å². The van der Waals surface area contributed by atoms with E-state index in [0.717, 1.165) is 30.7 Å². The van der Waals surface area contributed by atoms with E-state index in [9.17, 15) is 0 Å². The summed E-state index contributed by atoms with van der Waals surface area (Å²) in [7, 11) is 0. The number of hydrogen-bond donors (Lipinski definition) is 3. The van der Waals surface area contributed by atoms with Crippen LogP contribution in [0.5, 0.6) is 0 Å². The number of hydrogen-bond acceptors (Lipinski definition) is 3. The molecule has 0 aliphatic heterocycles. The lowest BCUT2D eigenvalue weighted by atomic mass is 10.0. The maximum atomic E-state index is 5.58. The highest BCUT2D eigenvalue weighted by Crippen LogP contribution is 2.26. The number of nitrogens with two attached hydrogens (primary N) is 1. The van der Waals surface area contributed by atoms with Crippen LogP contribution in [-0.4, -0.2) is 23.1 Å². The summed E-state index contributed by atoms with van der Waals surface area (Å²) < 4.78 is 0. The zero-order chi connectivity index (χ0) is 15.6. The second-order valence-electron chi connectivity index (χ2n) is 5.82. The van der Waals surface area contributed by atoms with Crippen LogP contribution in [0.2, 0.25) is 0 Å². The Morgan fingerprint density at radius 1 is 1.17 bits per heavy atom. The summed E-state index contributed by atoms with van der Waals surface area (Å²) in [5.74, 6) is 0. The molecule has 2 heterocycles. The first kappa shape index (κ1) is 14.0. The molecule has 3 aromatic rings. The fraction of sp³-hybridized carbons (Fsp3) is 0.211. The third kappa shape index (κ3) is 2.51. The molecule has 23 heavy (non-hydrogen) atoms. The van der Waals surface area contributed by atoms with Crippen LogP contribution >= 0.6 is 0 Å². The van der Waals surface area contributed by atoms with Crippen LogP contribution in [0.25, 0.3) is 34.3 Å². The lowest BCUT2D eigenvalue weighted by Crippen LogP contribution is -2.24. The van der Waals surface area contributed by atoms with Gasteiger partial charge in [-0.3, -0.25) is 0 Å². The second-order valence-corrected chi connectivity index (χ2v) is 5.82. The van der Waals surface area contributed by atoms with Crippen LogP contribution in [0.3, 0.4) is 0 Å². The molecular weight excluding hydrogens is 284 g/mol. The molecule has 4 heteroatoms. The van der Waals surface area contributed by atoms with Crippen LogP contribution < -0.4 is 21.6 Å². The average Bonchev–Trinajstić information content (AvgIpc) is 2.99. The molecule has 0 spiro atoms. The van der Waals surface area contributed by atoms with Crippen LogP contribution in [0.1, 0.15) is 12.8 Å². The molecule has 0 unspecified atom stereocenters. The summed E-state index contributed by atoms with van der Waals surface area (Å²) in [6.07, 6.45) is 8.63. The lowest BCUT2D eigenvalue weighted by molar-refractivity contribution is 1.02. The zero-order valence-corrected chi connectivity index (χ0v) is 13.0. The minimum Gasteiger partial charge on any atom is -0.384 e. The maximum absolute atomic E-state index is 5.58. The summed E-state index contributed by atoms with van der Waals surface area (Å²) in [5, 5.41) is 7.05. The van der Waals surface area contributed by atoms with Gasteiger partial charge in [0.25, 0.3) is 0 Å². The predicted molar refractivity (Wildman–Crippen MR) is 96.5 cm³/mol. The number of nitrogens with one attached hydrogen (secondary N) is 2. The van der Waals surface area contributed by atoms with Crippen LogP contribution in [0.15, 0.2) is 36.5 Å². The summed E-state index contributed by atoms with van der Waals surface area (Å²) in [4.78, 5) is 7.96. The Morgan fingerprint density at radius 2 is 2.09 bits per heavy atom. The van der Waals surface area contributed by atoms with Crippen molar-refractivity contribution in [3.63, 3.8) is 0 Å². The summed E-state index contributed by atoms with van der Waals surface area (Å²) in [5.41, 5.74) is 10.0. The Hall–Kier alpha value is -2.59. The molecule has 1 aliphatic carbocycles. The first-order valence-corrected chi connectivity index (χ1v) is 8.08. The topological polar surface area (TPSA) is 66.7 Å². The maximum Gasteiger partial charge on any atom is 0.138 e. The number of rotatable bonds is 4. The monoisotopic (exact) mass is 304 g/mol. The number of fused-ring (bicyclic) bond motifs is 3. The molecule has 4 rings (SSSR count). The molecule has 0 fully saturated rings. The smallest absolute Gasteiger partial charge is 0.138 e. The highest BCUT2D eigenvalue weighted by Gasteiger charge is 2.10. The fourth-order valence-corrected chi connectivity index (χ4v) is 3.24. The van der Waals surface area contributed by atoms with Gasteiger partial charge in [0.2, 0.25) is 0 Å². The lowest BCUT2D eigenvalue weighted by Gasteiger charge is -2.08. The standard InChI is InChI=1S/C19H20N4/c20-9-11-21-14-5-3-4-13(12-14)15-8-10-22-19-18(15)16-6-1-2-7-17(16)23-19/h3-8,10,12,21H,1-2,9,11,20H2,(H,22,23). The largest absolute Gasteiger partial charge is 0.384 e. The molecule has 4 N–H and O–H groups in total. The van der Waals surface area contributed by atoms with Gasteiger partial charge in [-0.2, -0.15) is 0 Å². The van der Waals surface area contributed by atoms with Gasteiger partial charge in [0, 0.05) is 40.9 Å². The van der Waals surface area contributed by atoms with E-state index >= 15 is 0 Å². The van der Waals surface area contributed by atoms with Crippen molar-refractivity contribution in [2.45, 2.75) is 12.8 Å². The average molecular weight is 304 g/mol. The quantitative estimate of drug-likeness (QED) is 0.690. The van der Waals surface area contributed by atoms with Gasteiger partial charge in [-0.25, -0.2) is 4.98 Å². The second kappa shape index (κ2) is 5.89. The van der Waals surface area contributed by atoms with Gasteiger partial charge in [-0.15, -0.1) is 0 Å². The Bertz CT molecular complexity index is 969. The Kier molecular flexibility index (Phi) is 3.60. The van der Waals surface area contributed by atoms with Crippen molar-refractivity contribution in [2.24, 2.45) is 5.73 Å². The van der Waals surface area contributed by atoms with Crippen LogP contribution in [0, 0.1) is 0 Å². The van der Waals surface area contributed by atoms with E-state index in [-0.39, 0.29) is 0 Å². The number of anilines is 1. The number of H-pyrrole nitrogens is 1. The van der Waals surface area contributed by atoms with E-state index in [2.05, 4.69) is 57.8 Å². The van der Waals surface area contributed by atoms with Crippen molar-refractivity contribution in [1.82, 2.24) is 9.97 Å². The minimum absolute atomic E-state index is 0.625. The van der Waals surface area contributed by atoms with E-state index < -0.39 is 0 Å². The molecule has 1 aliphatic rings. The van der Waals surface area contributed by atoms with Gasteiger partial charge < -0.3 is 16.0 Å². The van der Waals surface area contributed by atoms with Crippen molar-refractivity contribution < 1.29 is 0 Å². The van der Waals surface area contributed by atoms with E-state index in [4.69, 9.17) is 5.73 Å². The molecular formula is C19H20N4. The highest BCUT2D eigenvalue weighted by atomic mass is 14.9. The molecule has 116 valence electrons. The Labute approximate surface area is 134 Å². The van der Waals surface area contributed by atoms with E-state index in [0.29, 0.717) is 6.54 Å². The number of aromatic amines is 1. The molecule has 2 aromatic heterocycles.